The number of halogens is 1. The molecule has 0 spiro atoms. The molecule has 0 bridgehead atoms. The molecule has 0 saturated carbocycles. The van der Waals surface area contributed by atoms with Crippen molar-refractivity contribution in [2.75, 3.05) is 5.43 Å². The number of carboxylic acid groups (broad SMARTS) is 1. The molecule has 8 nitrogen and oxygen atoms in total. The number of nitrogens with one attached hydrogen (secondary N) is 1. The molecule has 1 heterocycles. The molecule has 5 rings (SSSR count). The first-order chi connectivity index (χ1) is 19.8. The second-order valence-corrected chi connectivity index (χ2v) is 10.0. The summed E-state index contributed by atoms with van der Waals surface area (Å²) in [4.78, 5) is 11.8. The Morgan fingerprint density at radius 2 is 1.68 bits per heavy atom. The molecular formula is C32H26ClN5O3. The highest BCUT2D eigenvalue weighted by Crippen LogP contribution is 2.35. The lowest BCUT2D eigenvalue weighted by atomic mass is 9.91. The number of benzene rings is 4. The summed E-state index contributed by atoms with van der Waals surface area (Å²) >= 11 is 6.21. The Balaban J connectivity index is 1.49. The van der Waals surface area contributed by atoms with Crippen molar-refractivity contribution in [2.24, 2.45) is 16.3 Å². The average molecular weight is 564 g/mol. The van der Waals surface area contributed by atoms with E-state index < -0.39 is 5.97 Å². The zero-order chi connectivity index (χ0) is 28.9. The SMILES string of the molecule is Cc1cccc(-c2ccc(C(=O)O)cc2-c2cccc(Cc3ccc(-c4cc(Cl)ccc4N/N=N\N)c[n+]3[O-])c2)c1. The third-order valence-electron chi connectivity index (χ3n) is 6.73. The minimum atomic E-state index is -0.991. The van der Waals surface area contributed by atoms with E-state index in [0.29, 0.717) is 34.0 Å². The molecule has 0 aliphatic heterocycles. The lowest BCUT2D eigenvalue weighted by molar-refractivity contribution is -0.612. The molecule has 41 heavy (non-hydrogen) atoms. The van der Waals surface area contributed by atoms with E-state index in [1.54, 1.807) is 36.4 Å². The van der Waals surface area contributed by atoms with Gasteiger partial charge in [0, 0.05) is 22.2 Å². The number of hydrogen-bond acceptors (Lipinski definition) is 4. The molecule has 0 aliphatic carbocycles. The van der Waals surface area contributed by atoms with Gasteiger partial charge in [0.05, 0.1) is 17.7 Å². The molecule has 0 fully saturated rings. The van der Waals surface area contributed by atoms with Crippen molar-refractivity contribution >= 4 is 23.3 Å². The Morgan fingerprint density at radius 1 is 0.902 bits per heavy atom. The van der Waals surface area contributed by atoms with E-state index in [0.717, 1.165) is 38.1 Å². The van der Waals surface area contributed by atoms with Crippen molar-refractivity contribution in [3.05, 3.63) is 136 Å². The number of rotatable bonds is 8. The Labute approximate surface area is 241 Å². The Morgan fingerprint density at radius 3 is 2.41 bits per heavy atom. The van der Waals surface area contributed by atoms with Crippen LogP contribution in [0.2, 0.25) is 5.02 Å². The molecule has 0 atom stereocenters. The van der Waals surface area contributed by atoms with Crippen LogP contribution in [0.15, 0.2) is 114 Å². The predicted molar refractivity (Wildman–Crippen MR) is 160 cm³/mol. The van der Waals surface area contributed by atoms with Gasteiger partial charge >= 0.3 is 5.97 Å². The molecular weight excluding hydrogens is 538 g/mol. The number of aryl methyl sites for hydroxylation is 1. The highest BCUT2D eigenvalue weighted by atomic mass is 35.5. The summed E-state index contributed by atoms with van der Waals surface area (Å²) in [5.41, 5.74) is 11.0. The fourth-order valence-corrected chi connectivity index (χ4v) is 4.95. The molecule has 0 amide bonds. The van der Waals surface area contributed by atoms with Gasteiger partial charge in [0.15, 0.2) is 11.9 Å². The van der Waals surface area contributed by atoms with Crippen LogP contribution in [-0.4, -0.2) is 11.1 Å². The van der Waals surface area contributed by atoms with Gasteiger partial charge in [-0.15, -0.1) is 0 Å². The third kappa shape index (κ3) is 6.18. The number of nitrogens with two attached hydrogens (primary N) is 1. The van der Waals surface area contributed by atoms with Crippen LogP contribution in [0.3, 0.4) is 0 Å². The van der Waals surface area contributed by atoms with Gasteiger partial charge in [-0.25, -0.2) is 4.79 Å². The average Bonchev–Trinajstić information content (AvgIpc) is 2.97. The molecule has 4 N–H and O–H groups in total. The molecule has 9 heteroatoms. The molecule has 0 unspecified atom stereocenters. The van der Waals surface area contributed by atoms with E-state index in [4.69, 9.17) is 17.4 Å². The maximum atomic E-state index is 13.1. The van der Waals surface area contributed by atoms with Gasteiger partial charge in [0.2, 0.25) is 0 Å². The van der Waals surface area contributed by atoms with Crippen molar-refractivity contribution in [2.45, 2.75) is 13.3 Å². The zero-order valence-corrected chi connectivity index (χ0v) is 22.8. The van der Waals surface area contributed by atoms with Gasteiger partial charge in [-0.3, -0.25) is 5.43 Å². The molecule has 5 aromatic rings. The number of carboxylic acids is 1. The zero-order valence-electron chi connectivity index (χ0n) is 22.1. The fourth-order valence-electron chi connectivity index (χ4n) is 4.78. The van der Waals surface area contributed by atoms with Crippen LogP contribution in [0.1, 0.15) is 27.2 Å². The van der Waals surface area contributed by atoms with Crippen LogP contribution in [0.5, 0.6) is 0 Å². The van der Waals surface area contributed by atoms with Crippen molar-refractivity contribution in [1.29, 1.82) is 0 Å². The topological polar surface area (TPSA) is 127 Å². The fraction of sp³-hybridized carbons (Fsp3) is 0.0625. The predicted octanol–water partition coefficient (Wildman–Crippen LogP) is 7.22. The van der Waals surface area contributed by atoms with E-state index in [9.17, 15) is 15.1 Å². The number of hydrogen-bond donors (Lipinski definition) is 3. The second-order valence-electron chi connectivity index (χ2n) is 9.56. The smallest absolute Gasteiger partial charge is 0.335 e. The first-order valence-electron chi connectivity index (χ1n) is 12.7. The Hall–Kier alpha value is -5.21. The Kier molecular flexibility index (Phi) is 7.94. The first kappa shape index (κ1) is 27.4. The van der Waals surface area contributed by atoms with Crippen molar-refractivity contribution in [1.82, 2.24) is 0 Å². The van der Waals surface area contributed by atoms with Crippen LogP contribution in [0.4, 0.5) is 5.69 Å². The molecule has 0 aliphatic rings. The van der Waals surface area contributed by atoms with Crippen LogP contribution in [-0.2, 0) is 6.42 Å². The summed E-state index contributed by atoms with van der Waals surface area (Å²) < 4.78 is 0.834. The summed E-state index contributed by atoms with van der Waals surface area (Å²) in [6.45, 7) is 2.02. The maximum Gasteiger partial charge on any atom is 0.335 e. The van der Waals surface area contributed by atoms with E-state index >= 15 is 0 Å². The third-order valence-corrected chi connectivity index (χ3v) is 6.97. The van der Waals surface area contributed by atoms with Crippen molar-refractivity contribution in [3.63, 3.8) is 0 Å². The lowest BCUT2D eigenvalue weighted by Gasteiger charge is -2.14. The lowest BCUT2D eigenvalue weighted by Crippen LogP contribution is -2.31. The van der Waals surface area contributed by atoms with E-state index in [2.05, 4.69) is 21.9 Å². The number of aromatic nitrogens is 1. The van der Waals surface area contributed by atoms with Crippen LogP contribution in [0.25, 0.3) is 33.4 Å². The van der Waals surface area contributed by atoms with Crippen molar-refractivity contribution < 1.29 is 14.6 Å². The summed E-state index contributed by atoms with van der Waals surface area (Å²) in [7, 11) is 0. The van der Waals surface area contributed by atoms with Gasteiger partial charge in [-0.1, -0.05) is 82.2 Å². The van der Waals surface area contributed by atoms with E-state index in [1.807, 2.05) is 61.5 Å². The standard InChI is InChI=1S/C32H26ClN5O3/c1-20-4-2-6-22(14-20)28-12-9-24(32(39)40)17-29(28)23-7-3-5-21(15-23)16-27-11-8-25(19-38(27)41)30-18-26(33)10-13-31(30)35-37-36-34/h2-15,17-19H,16H2,1H3,(H2,34,37)(H,35,36)(H,39,40). The summed E-state index contributed by atoms with van der Waals surface area (Å²) in [5, 5.41) is 30.1. The number of pyridine rings is 1. The monoisotopic (exact) mass is 563 g/mol. The highest BCUT2D eigenvalue weighted by molar-refractivity contribution is 6.31. The van der Waals surface area contributed by atoms with Gasteiger partial charge in [0.1, 0.15) is 0 Å². The maximum absolute atomic E-state index is 13.1. The number of anilines is 1. The summed E-state index contributed by atoms with van der Waals surface area (Å²) in [6.07, 6.45) is 1.86. The van der Waals surface area contributed by atoms with Crippen LogP contribution < -0.4 is 16.0 Å². The van der Waals surface area contributed by atoms with Crippen molar-refractivity contribution in [3.8, 4) is 33.4 Å². The van der Waals surface area contributed by atoms with Gasteiger partial charge < -0.3 is 16.2 Å². The first-order valence-corrected chi connectivity index (χ1v) is 13.1. The molecule has 4 aromatic carbocycles. The van der Waals surface area contributed by atoms with E-state index in [-0.39, 0.29) is 5.56 Å². The number of aromatic carboxylic acids is 1. The molecule has 204 valence electrons. The minimum absolute atomic E-state index is 0.206. The minimum Gasteiger partial charge on any atom is -0.618 e. The van der Waals surface area contributed by atoms with Gasteiger partial charge in [-0.05, 0) is 71.1 Å². The largest absolute Gasteiger partial charge is 0.618 e. The van der Waals surface area contributed by atoms with Gasteiger partial charge in [0.25, 0.3) is 0 Å². The Bertz CT molecular complexity index is 1790. The van der Waals surface area contributed by atoms with Gasteiger partial charge in [-0.2, -0.15) is 4.73 Å². The normalized spacial score (nSPS) is 11.1. The second kappa shape index (κ2) is 11.9. The van der Waals surface area contributed by atoms with Crippen LogP contribution >= 0.6 is 11.6 Å². The molecule has 0 saturated heterocycles. The highest BCUT2D eigenvalue weighted by Gasteiger charge is 2.16. The molecule has 1 aromatic heterocycles. The van der Waals surface area contributed by atoms with E-state index in [1.165, 1.54) is 6.20 Å². The summed E-state index contributed by atoms with van der Waals surface area (Å²) in [6, 6.07) is 29.8. The van der Waals surface area contributed by atoms with Crippen LogP contribution in [0, 0.1) is 12.1 Å². The number of nitrogens with zero attached hydrogens (tertiary/aromatic N) is 3. The quantitative estimate of drug-likeness (QED) is 0.0603. The molecule has 0 radical (unpaired) electrons. The number of carbonyl (C=O) groups is 1. The summed E-state index contributed by atoms with van der Waals surface area (Å²) in [5.74, 6) is 4.12.